The van der Waals surface area contributed by atoms with Crippen molar-refractivity contribution >= 4 is 25.2 Å². The second-order valence-electron chi connectivity index (χ2n) is 1.80. The Morgan fingerprint density at radius 1 is 1.60 bits per heavy atom. The molecule has 0 aliphatic carbocycles. The molecule has 1 rings (SSSR count). The number of hydrogen-bond acceptors (Lipinski definition) is 1. The van der Waals surface area contributed by atoms with Crippen LogP contribution in [0.15, 0.2) is 22.8 Å². The highest BCUT2D eigenvalue weighted by Gasteiger charge is 2.01. The average Bonchev–Trinajstić information content (AvgIpc) is 1.88. The Kier molecular flexibility index (Phi) is 2.75. The first-order valence-corrected chi connectivity index (χ1v) is 4.17. The molecule has 0 saturated heterocycles. The van der Waals surface area contributed by atoms with Crippen molar-refractivity contribution in [2.75, 3.05) is 0 Å². The zero-order valence-electron chi connectivity index (χ0n) is 5.09. The van der Waals surface area contributed by atoms with E-state index in [1.54, 1.807) is 18.3 Å². The Hall–Kier alpha value is -0.0100. The molecule has 4 heteroatoms. The normalized spacial score (nSPS) is 13.1. The number of halogens is 2. The fraction of sp³-hybridized carbons (Fsp3) is 0.167. The maximum Gasteiger partial charge on any atom is 0.155 e. The highest BCUT2D eigenvalue weighted by molar-refractivity contribution is 9.10. The molecule has 0 N–H and O–H groups in total. The van der Waals surface area contributed by atoms with Gasteiger partial charge >= 0.3 is 0 Å². The Morgan fingerprint density at radius 2 is 2.30 bits per heavy atom. The Balaban J connectivity index is 2.89. The van der Waals surface area contributed by atoms with Gasteiger partial charge in [-0.25, -0.2) is 4.39 Å². The van der Waals surface area contributed by atoms with Gasteiger partial charge in [0.15, 0.2) is 5.91 Å². The zero-order valence-corrected chi connectivity index (χ0v) is 7.83. The van der Waals surface area contributed by atoms with E-state index in [9.17, 15) is 4.39 Å². The van der Waals surface area contributed by atoms with Gasteiger partial charge in [-0.15, -0.1) is 0 Å². The number of nitrogens with zero attached hydrogens (tertiary/aromatic N) is 1. The molecular formula is C6H6BrFNP. The summed E-state index contributed by atoms with van der Waals surface area (Å²) >= 11 is 3.20. The minimum Gasteiger partial charge on any atom is -0.257 e. The SMILES string of the molecule is FC(P)c1ccc(Br)cn1. The molecule has 1 nitrogen and oxygen atoms in total. The predicted octanol–water partition coefficient (Wildman–Crippen LogP) is 2.69. The van der Waals surface area contributed by atoms with E-state index in [-0.39, 0.29) is 0 Å². The molecule has 0 aliphatic rings. The molecule has 0 radical (unpaired) electrons. The van der Waals surface area contributed by atoms with Crippen LogP contribution in [0.5, 0.6) is 0 Å². The molecule has 0 saturated carbocycles. The van der Waals surface area contributed by atoms with Crippen LogP contribution in [0.3, 0.4) is 0 Å². The second kappa shape index (κ2) is 3.40. The van der Waals surface area contributed by atoms with Crippen molar-refractivity contribution < 1.29 is 4.39 Å². The van der Waals surface area contributed by atoms with E-state index in [2.05, 4.69) is 20.9 Å². The molecule has 10 heavy (non-hydrogen) atoms. The molecule has 0 aliphatic heterocycles. The predicted molar refractivity (Wildman–Crippen MR) is 45.5 cm³/mol. The third-order valence-corrected chi connectivity index (χ3v) is 1.84. The minimum atomic E-state index is -1.06. The van der Waals surface area contributed by atoms with Crippen LogP contribution in [0.2, 0.25) is 0 Å². The summed E-state index contributed by atoms with van der Waals surface area (Å²) in [5.74, 6) is -1.06. The smallest absolute Gasteiger partial charge is 0.155 e. The number of aromatic nitrogens is 1. The summed E-state index contributed by atoms with van der Waals surface area (Å²) < 4.78 is 13.3. The Labute approximate surface area is 69.4 Å². The molecule has 0 spiro atoms. The summed E-state index contributed by atoms with van der Waals surface area (Å²) in [6, 6.07) is 3.40. The van der Waals surface area contributed by atoms with E-state index in [0.29, 0.717) is 5.69 Å². The van der Waals surface area contributed by atoms with Crippen molar-refractivity contribution in [3.8, 4) is 0 Å². The molecule has 1 heterocycles. The van der Waals surface area contributed by atoms with E-state index in [4.69, 9.17) is 0 Å². The molecule has 54 valence electrons. The highest BCUT2D eigenvalue weighted by atomic mass is 79.9. The van der Waals surface area contributed by atoms with Crippen molar-refractivity contribution in [1.82, 2.24) is 4.98 Å². The zero-order chi connectivity index (χ0) is 7.56. The quantitative estimate of drug-likeness (QED) is 0.665. The lowest BCUT2D eigenvalue weighted by Crippen LogP contribution is -1.85. The van der Waals surface area contributed by atoms with Gasteiger partial charge in [0, 0.05) is 10.7 Å². The van der Waals surface area contributed by atoms with Crippen molar-refractivity contribution in [1.29, 1.82) is 0 Å². The first kappa shape index (κ1) is 8.09. The molecule has 1 aromatic heterocycles. The minimum absolute atomic E-state index is 0.438. The molecule has 0 fully saturated rings. The van der Waals surface area contributed by atoms with E-state index >= 15 is 0 Å². The summed E-state index contributed by atoms with van der Waals surface area (Å²) in [4.78, 5) is 3.84. The van der Waals surface area contributed by atoms with Crippen LogP contribution in [0, 0.1) is 0 Å². The lowest BCUT2D eigenvalue weighted by atomic mass is 10.4. The topological polar surface area (TPSA) is 12.9 Å². The summed E-state index contributed by atoms with van der Waals surface area (Å²) in [7, 11) is 2.04. The molecular weight excluding hydrogens is 216 g/mol. The third-order valence-electron chi connectivity index (χ3n) is 1.03. The number of pyridine rings is 1. The summed E-state index contributed by atoms with van der Waals surface area (Å²) in [6.07, 6.45) is 1.58. The van der Waals surface area contributed by atoms with Crippen LogP contribution in [-0.2, 0) is 0 Å². The van der Waals surface area contributed by atoms with Gasteiger partial charge in [-0.3, -0.25) is 4.98 Å². The van der Waals surface area contributed by atoms with Gasteiger partial charge in [-0.1, -0.05) is 9.24 Å². The van der Waals surface area contributed by atoms with Crippen LogP contribution in [-0.4, -0.2) is 4.98 Å². The van der Waals surface area contributed by atoms with Gasteiger partial charge in [0.1, 0.15) is 0 Å². The maximum atomic E-state index is 12.5. The largest absolute Gasteiger partial charge is 0.257 e. The molecule has 0 bridgehead atoms. The van der Waals surface area contributed by atoms with E-state index in [1.807, 2.05) is 9.24 Å². The van der Waals surface area contributed by atoms with Gasteiger partial charge < -0.3 is 0 Å². The maximum absolute atomic E-state index is 12.5. The first-order valence-electron chi connectivity index (χ1n) is 2.71. The van der Waals surface area contributed by atoms with Crippen molar-refractivity contribution in [2.24, 2.45) is 0 Å². The molecule has 0 aromatic carbocycles. The fourth-order valence-electron chi connectivity index (χ4n) is 0.550. The molecule has 0 amide bonds. The van der Waals surface area contributed by atoms with E-state index < -0.39 is 5.91 Å². The van der Waals surface area contributed by atoms with Crippen LogP contribution in [0.25, 0.3) is 0 Å². The van der Waals surface area contributed by atoms with Gasteiger partial charge in [-0.2, -0.15) is 0 Å². The lowest BCUT2D eigenvalue weighted by Gasteiger charge is -1.98. The van der Waals surface area contributed by atoms with E-state index in [1.165, 1.54) is 0 Å². The van der Waals surface area contributed by atoms with E-state index in [0.717, 1.165) is 4.47 Å². The van der Waals surface area contributed by atoms with Crippen LogP contribution in [0.1, 0.15) is 11.6 Å². The van der Waals surface area contributed by atoms with Crippen molar-refractivity contribution in [2.45, 2.75) is 5.91 Å². The van der Waals surface area contributed by atoms with Gasteiger partial charge in [-0.05, 0) is 28.1 Å². The number of hydrogen-bond donors (Lipinski definition) is 0. The van der Waals surface area contributed by atoms with Crippen LogP contribution < -0.4 is 0 Å². The average molecular weight is 222 g/mol. The van der Waals surface area contributed by atoms with Crippen molar-refractivity contribution in [3.63, 3.8) is 0 Å². The number of alkyl halides is 1. The van der Waals surface area contributed by atoms with Gasteiger partial charge in [0.2, 0.25) is 0 Å². The van der Waals surface area contributed by atoms with Gasteiger partial charge in [0.05, 0.1) is 5.69 Å². The van der Waals surface area contributed by atoms with Crippen LogP contribution >= 0.6 is 25.2 Å². The monoisotopic (exact) mass is 221 g/mol. The Bertz CT molecular complexity index is 211. The molecule has 2 atom stereocenters. The fourth-order valence-corrected chi connectivity index (χ4v) is 0.982. The summed E-state index contributed by atoms with van der Waals surface area (Å²) in [5, 5.41) is 0. The summed E-state index contributed by atoms with van der Waals surface area (Å²) in [5.41, 5.74) is 0.438. The summed E-state index contributed by atoms with van der Waals surface area (Å²) in [6.45, 7) is 0. The van der Waals surface area contributed by atoms with Gasteiger partial charge in [0.25, 0.3) is 0 Å². The molecule has 1 aromatic rings. The van der Waals surface area contributed by atoms with Crippen LogP contribution in [0.4, 0.5) is 4.39 Å². The second-order valence-corrected chi connectivity index (χ2v) is 3.30. The first-order chi connectivity index (χ1) is 4.70. The number of rotatable bonds is 1. The highest BCUT2D eigenvalue weighted by Crippen LogP contribution is 2.22. The molecule has 2 unspecified atom stereocenters. The van der Waals surface area contributed by atoms with Crippen molar-refractivity contribution in [3.05, 3.63) is 28.5 Å². The third kappa shape index (κ3) is 1.99. The lowest BCUT2D eigenvalue weighted by molar-refractivity contribution is 0.459. The Morgan fingerprint density at radius 3 is 2.70 bits per heavy atom. The standard InChI is InChI=1S/C6H6BrFNP/c7-4-1-2-5(6(8)10)9-3-4/h1-3,6H,10H2.